The molecule has 1 aromatic heterocycles. The summed E-state index contributed by atoms with van der Waals surface area (Å²) in [5.74, 6) is -0.378. The first-order valence-corrected chi connectivity index (χ1v) is 11.6. The second kappa shape index (κ2) is 15.2. The summed E-state index contributed by atoms with van der Waals surface area (Å²) in [6.07, 6.45) is 0.0602. The van der Waals surface area contributed by atoms with Gasteiger partial charge in [-0.2, -0.15) is 0 Å². The lowest BCUT2D eigenvalue weighted by molar-refractivity contribution is -0.128. The SMILES string of the molecule is CN(C)C(=O)Cc1nc2cc(Cl)ccc2c(=O)[nH]1.COC(=O)c1ccc(Cl)cc1N.[C-]#[N+]CC(=O)N(C)C. The van der Waals surface area contributed by atoms with Gasteiger partial charge in [0.1, 0.15) is 5.82 Å². The van der Waals surface area contributed by atoms with Crippen molar-refractivity contribution in [3.8, 4) is 0 Å². The second-order valence-corrected chi connectivity index (χ2v) is 8.84. The van der Waals surface area contributed by atoms with Gasteiger partial charge in [-0.3, -0.25) is 14.4 Å². The molecule has 38 heavy (non-hydrogen) atoms. The normalized spacial score (nSPS) is 9.63. The predicted molar refractivity (Wildman–Crippen MR) is 147 cm³/mol. The second-order valence-electron chi connectivity index (χ2n) is 7.97. The number of hydrogen-bond donors (Lipinski definition) is 2. The van der Waals surface area contributed by atoms with Crippen LogP contribution in [0.2, 0.25) is 10.0 Å². The Balaban J connectivity index is 0.000000313. The zero-order valence-electron chi connectivity index (χ0n) is 21.5. The number of anilines is 1. The first-order valence-electron chi connectivity index (χ1n) is 10.9. The maximum Gasteiger partial charge on any atom is 0.339 e. The number of aromatic amines is 1. The highest BCUT2D eigenvalue weighted by molar-refractivity contribution is 6.31. The number of ether oxygens (including phenoxy) is 1. The van der Waals surface area contributed by atoms with Crippen molar-refractivity contribution in [2.75, 3.05) is 47.6 Å². The van der Waals surface area contributed by atoms with Crippen LogP contribution in [0.4, 0.5) is 5.69 Å². The molecular formula is C25H28Cl2N6O5. The molecule has 0 radical (unpaired) electrons. The zero-order valence-corrected chi connectivity index (χ0v) is 23.1. The van der Waals surface area contributed by atoms with Crippen molar-refractivity contribution in [2.45, 2.75) is 6.42 Å². The van der Waals surface area contributed by atoms with E-state index in [0.29, 0.717) is 38.0 Å². The maximum absolute atomic E-state index is 11.8. The van der Waals surface area contributed by atoms with Crippen molar-refractivity contribution in [3.63, 3.8) is 0 Å². The van der Waals surface area contributed by atoms with Crippen molar-refractivity contribution >= 4 is 57.6 Å². The summed E-state index contributed by atoms with van der Waals surface area (Å²) in [7, 11) is 7.87. The monoisotopic (exact) mass is 562 g/mol. The molecule has 0 aliphatic rings. The minimum Gasteiger partial charge on any atom is -0.465 e. The molecule has 3 rings (SSSR count). The molecular weight excluding hydrogens is 535 g/mol. The van der Waals surface area contributed by atoms with Crippen molar-refractivity contribution in [1.82, 2.24) is 19.8 Å². The number of amides is 2. The van der Waals surface area contributed by atoms with E-state index in [1.165, 1.54) is 29.0 Å². The fraction of sp³-hybridized carbons (Fsp3) is 0.280. The number of rotatable bonds is 4. The molecule has 202 valence electrons. The molecule has 11 nitrogen and oxygen atoms in total. The van der Waals surface area contributed by atoms with Gasteiger partial charge in [0.2, 0.25) is 5.91 Å². The van der Waals surface area contributed by atoms with Crippen LogP contribution in [-0.4, -0.2) is 79.4 Å². The minimum absolute atomic E-state index is 0.0347. The van der Waals surface area contributed by atoms with Gasteiger partial charge in [0.25, 0.3) is 12.1 Å². The molecule has 1 heterocycles. The fourth-order valence-corrected chi connectivity index (χ4v) is 2.93. The number of hydrogen-bond acceptors (Lipinski definition) is 7. The predicted octanol–water partition coefficient (Wildman–Crippen LogP) is 2.91. The summed E-state index contributed by atoms with van der Waals surface area (Å²) in [6.45, 7) is 6.27. The van der Waals surface area contributed by atoms with E-state index in [4.69, 9.17) is 35.5 Å². The molecule has 0 saturated heterocycles. The standard InChI is InChI=1S/C12H12ClN3O2.C8H8ClNO2.C5H8N2O/c1-16(2)11(17)6-10-14-9-5-7(13)3-4-8(9)12(18)15-10;1-12-8(11)6-3-2-5(9)4-7(6)10;1-6-4-5(8)7(2)3/h3-5H,6H2,1-2H3,(H,14,15,18);2-4H,10H2,1H3;4H2,2-3H3. The van der Waals surface area contributed by atoms with E-state index in [-0.39, 0.29) is 30.3 Å². The number of nitrogens with zero attached hydrogens (tertiary/aromatic N) is 4. The van der Waals surface area contributed by atoms with E-state index >= 15 is 0 Å². The zero-order chi connectivity index (χ0) is 29.0. The molecule has 2 amide bonds. The summed E-state index contributed by atoms with van der Waals surface area (Å²) >= 11 is 11.5. The molecule has 2 aromatic carbocycles. The Hall–Kier alpha value is -4.14. The topological polar surface area (TPSA) is 143 Å². The Morgan fingerprint density at radius 3 is 2.11 bits per heavy atom. The Kier molecular flexibility index (Phi) is 12.7. The van der Waals surface area contributed by atoms with Crippen LogP contribution in [0.15, 0.2) is 41.2 Å². The van der Waals surface area contributed by atoms with Crippen molar-refractivity contribution in [3.05, 3.63) is 79.6 Å². The van der Waals surface area contributed by atoms with Crippen LogP contribution in [-0.2, 0) is 20.7 Å². The third kappa shape index (κ3) is 10.1. The first kappa shape index (κ1) is 31.9. The lowest BCUT2D eigenvalue weighted by atomic mass is 10.2. The van der Waals surface area contributed by atoms with Crippen LogP contribution in [0.3, 0.4) is 0 Å². The molecule has 0 aliphatic heterocycles. The van der Waals surface area contributed by atoms with E-state index < -0.39 is 5.97 Å². The summed E-state index contributed by atoms with van der Waals surface area (Å²) < 4.78 is 4.49. The number of carbonyl (C=O) groups is 3. The van der Waals surface area contributed by atoms with Gasteiger partial charge < -0.3 is 30.1 Å². The molecule has 0 spiro atoms. The van der Waals surface area contributed by atoms with Crippen LogP contribution >= 0.6 is 23.2 Å². The first-order chi connectivity index (χ1) is 17.8. The van der Waals surface area contributed by atoms with Gasteiger partial charge in [0.05, 0.1) is 30.0 Å². The van der Waals surface area contributed by atoms with Gasteiger partial charge in [-0.25, -0.2) is 16.4 Å². The number of nitrogen functional groups attached to an aromatic ring is 1. The Labute approximate surface area is 229 Å². The van der Waals surface area contributed by atoms with Gasteiger partial charge in [-0.05, 0) is 36.4 Å². The van der Waals surface area contributed by atoms with E-state index in [1.807, 2.05) is 0 Å². The lowest BCUT2D eigenvalue weighted by Gasteiger charge is -2.09. The number of likely N-dealkylation sites (N-methyl/N-ethyl adjacent to an activating group) is 2. The third-order valence-corrected chi connectivity index (χ3v) is 5.14. The molecule has 0 bridgehead atoms. The molecule has 0 fully saturated rings. The number of H-pyrrole nitrogens is 1. The van der Waals surface area contributed by atoms with Gasteiger partial charge in [0, 0.05) is 43.9 Å². The lowest BCUT2D eigenvalue weighted by Crippen LogP contribution is -2.25. The van der Waals surface area contributed by atoms with E-state index in [2.05, 4.69) is 19.5 Å². The molecule has 0 aliphatic carbocycles. The molecule has 13 heteroatoms. The van der Waals surface area contributed by atoms with Crippen molar-refractivity contribution in [1.29, 1.82) is 0 Å². The highest BCUT2D eigenvalue weighted by Gasteiger charge is 2.10. The Morgan fingerprint density at radius 1 is 1.03 bits per heavy atom. The van der Waals surface area contributed by atoms with Crippen LogP contribution < -0.4 is 11.3 Å². The number of nitrogens with one attached hydrogen (secondary N) is 1. The summed E-state index contributed by atoms with van der Waals surface area (Å²) in [5.41, 5.74) is 6.40. The average Bonchev–Trinajstić information content (AvgIpc) is 2.84. The number of fused-ring (bicyclic) bond motifs is 1. The number of methoxy groups -OCH3 is 1. The number of halogens is 2. The number of benzene rings is 2. The Bertz CT molecular complexity index is 1400. The van der Waals surface area contributed by atoms with Gasteiger partial charge in [-0.1, -0.05) is 23.2 Å². The van der Waals surface area contributed by atoms with E-state index in [1.54, 1.807) is 52.5 Å². The summed E-state index contributed by atoms with van der Waals surface area (Å²) in [5, 5.41) is 1.46. The fourth-order valence-electron chi connectivity index (χ4n) is 2.58. The highest BCUT2D eigenvalue weighted by Crippen LogP contribution is 2.18. The summed E-state index contributed by atoms with van der Waals surface area (Å²) in [6, 6.07) is 9.48. The van der Waals surface area contributed by atoms with Crippen molar-refractivity contribution in [2.24, 2.45) is 0 Å². The van der Waals surface area contributed by atoms with Crippen LogP contribution in [0.1, 0.15) is 16.2 Å². The van der Waals surface area contributed by atoms with Crippen LogP contribution in [0.5, 0.6) is 0 Å². The number of carbonyl (C=O) groups excluding carboxylic acids is 3. The van der Waals surface area contributed by atoms with Gasteiger partial charge >= 0.3 is 11.9 Å². The smallest absolute Gasteiger partial charge is 0.339 e. The third-order valence-electron chi connectivity index (χ3n) is 4.67. The molecule has 3 aromatic rings. The van der Waals surface area contributed by atoms with E-state index in [9.17, 15) is 19.2 Å². The minimum atomic E-state index is -0.454. The largest absolute Gasteiger partial charge is 0.465 e. The molecule has 3 N–H and O–H groups in total. The van der Waals surface area contributed by atoms with Gasteiger partial charge in [-0.15, -0.1) is 0 Å². The van der Waals surface area contributed by atoms with Crippen LogP contribution in [0, 0.1) is 6.57 Å². The quantitative estimate of drug-likeness (QED) is 0.282. The number of esters is 1. The van der Waals surface area contributed by atoms with E-state index in [0.717, 1.165) is 0 Å². The van der Waals surface area contributed by atoms with Crippen molar-refractivity contribution < 1.29 is 19.1 Å². The Morgan fingerprint density at radius 2 is 1.61 bits per heavy atom. The molecule has 0 atom stereocenters. The average molecular weight is 563 g/mol. The molecule has 0 saturated carbocycles. The van der Waals surface area contributed by atoms with Gasteiger partial charge in [0.15, 0.2) is 0 Å². The maximum atomic E-state index is 11.8. The molecule has 0 unspecified atom stereocenters. The highest BCUT2D eigenvalue weighted by atomic mass is 35.5. The number of aromatic nitrogens is 2. The van der Waals surface area contributed by atoms with Crippen LogP contribution in [0.25, 0.3) is 15.7 Å². The number of nitrogens with two attached hydrogens (primary N) is 1. The summed E-state index contributed by atoms with van der Waals surface area (Å²) in [4.78, 5) is 57.4.